The Labute approximate surface area is 155 Å². The molecule has 2 rings (SSSR count). The summed E-state index contributed by atoms with van der Waals surface area (Å²) in [6, 6.07) is 14.6. The van der Waals surface area contributed by atoms with E-state index in [-0.39, 0.29) is 23.8 Å². The first-order chi connectivity index (χ1) is 12.2. The molecule has 0 bridgehead atoms. The predicted molar refractivity (Wildman–Crippen MR) is 104 cm³/mol. The van der Waals surface area contributed by atoms with E-state index in [1.54, 1.807) is 38.4 Å². The fraction of sp³-hybridized carbons (Fsp3) is 0.333. The highest BCUT2D eigenvalue weighted by atomic mass is 16.5. The number of hydrogen-bond donors (Lipinski definition) is 1. The van der Waals surface area contributed by atoms with Crippen molar-refractivity contribution in [3.8, 4) is 5.75 Å². The van der Waals surface area contributed by atoms with E-state index in [2.05, 4.69) is 26.1 Å². The van der Waals surface area contributed by atoms with Crippen LogP contribution in [-0.4, -0.2) is 37.4 Å². The fourth-order valence-corrected chi connectivity index (χ4v) is 2.39. The molecule has 5 heteroatoms. The highest BCUT2D eigenvalue weighted by Gasteiger charge is 2.13. The largest absolute Gasteiger partial charge is 0.484 e. The summed E-state index contributed by atoms with van der Waals surface area (Å²) in [6.45, 7) is 6.34. The second-order valence-electron chi connectivity index (χ2n) is 7.39. The van der Waals surface area contributed by atoms with Crippen LogP contribution in [0.4, 0.5) is 5.69 Å². The van der Waals surface area contributed by atoms with Gasteiger partial charge in [-0.05, 0) is 41.3 Å². The number of amides is 2. The highest BCUT2D eigenvalue weighted by Crippen LogP contribution is 2.24. The van der Waals surface area contributed by atoms with Gasteiger partial charge in [-0.25, -0.2) is 0 Å². The first-order valence-corrected chi connectivity index (χ1v) is 8.52. The van der Waals surface area contributed by atoms with Crippen molar-refractivity contribution in [3.63, 3.8) is 0 Å². The smallest absolute Gasteiger partial charge is 0.262 e. The molecule has 0 radical (unpaired) electrons. The zero-order valence-electron chi connectivity index (χ0n) is 16.0. The third kappa shape index (κ3) is 5.34. The summed E-state index contributed by atoms with van der Waals surface area (Å²) < 4.78 is 5.54. The molecular formula is C21H26N2O3. The summed E-state index contributed by atoms with van der Waals surface area (Å²) in [5.41, 5.74) is 2.36. The van der Waals surface area contributed by atoms with E-state index >= 15 is 0 Å². The Morgan fingerprint density at radius 1 is 1.04 bits per heavy atom. The predicted octanol–water partition coefficient (Wildman–Crippen LogP) is 3.70. The Hall–Kier alpha value is -2.82. The molecule has 5 nitrogen and oxygen atoms in total. The molecule has 0 spiro atoms. The second kappa shape index (κ2) is 8.04. The van der Waals surface area contributed by atoms with Crippen molar-refractivity contribution in [2.24, 2.45) is 0 Å². The number of nitrogens with zero attached hydrogens (tertiary/aromatic N) is 1. The number of rotatable bonds is 5. The van der Waals surface area contributed by atoms with E-state index in [0.29, 0.717) is 17.0 Å². The van der Waals surface area contributed by atoms with Crippen LogP contribution >= 0.6 is 0 Å². The average molecular weight is 354 g/mol. The van der Waals surface area contributed by atoms with Crippen LogP contribution in [0.1, 0.15) is 36.7 Å². The van der Waals surface area contributed by atoms with Crippen LogP contribution in [0.3, 0.4) is 0 Å². The normalized spacial score (nSPS) is 11.0. The van der Waals surface area contributed by atoms with E-state index in [1.165, 1.54) is 10.5 Å². The van der Waals surface area contributed by atoms with Crippen molar-refractivity contribution in [1.29, 1.82) is 0 Å². The van der Waals surface area contributed by atoms with Crippen molar-refractivity contribution in [2.75, 3.05) is 26.0 Å². The number of anilines is 1. The Morgan fingerprint density at radius 3 is 2.27 bits per heavy atom. The van der Waals surface area contributed by atoms with Crippen LogP contribution in [0.5, 0.6) is 5.75 Å². The topological polar surface area (TPSA) is 58.6 Å². The van der Waals surface area contributed by atoms with Crippen LogP contribution in [0.2, 0.25) is 0 Å². The maximum absolute atomic E-state index is 12.1. The SMILES string of the molecule is CN(C)C(=O)c1cccc(NC(=O)COc2ccc(C(C)(C)C)cc2)c1. The van der Waals surface area contributed by atoms with Crippen molar-refractivity contribution in [2.45, 2.75) is 26.2 Å². The van der Waals surface area contributed by atoms with Gasteiger partial charge in [0.2, 0.25) is 0 Å². The third-order valence-corrected chi connectivity index (χ3v) is 3.89. The van der Waals surface area contributed by atoms with Crippen molar-refractivity contribution >= 4 is 17.5 Å². The van der Waals surface area contributed by atoms with Gasteiger partial charge in [-0.15, -0.1) is 0 Å². The lowest BCUT2D eigenvalue weighted by molar-refractivity contribution is -0.118. The van der Waals surface area contributed by atoms with Crippen LogP contribution in [0.15, 0.2) is 48.5 Å². The van der Waals surface area contributed by atoms with Gasteiger partial charge in [-0.1, -0.05) is 39.0 Å². The standard InChI is InChI=1S/C21H26N2O3/c1-21(2,3)16-9-11-18(12-10-16)26-14-19(24)22-17-8-6-7-15(13-17)20(25)23(4)5/h6-13H,14H2,1-5H3,(H,22,24). The molecule has 0 heterocycles. The second-order valence-corrected chi connectivity index (χ2v) is 7.39. The van der Waals surface area contributed by atoms with Crippen molar-refractivity contribution < 1.29 is 14.3 Å². The van der Waals surface area contributed by atoms with Crippen LogP contribution in [-0.2, 0) is 10.2 Å². The van der Waals surface area contributed by atoms with Gasteiger partial charge in [0.25, 0.3) is 11.8 Å². The van der Waals surface area contributed by atoms with Gasteiger partial charge in [-0.2, -0.15) is 0 Å². The van der Waals surface area contributed by atoms with Gasteiger partial charge in [0.05, 0.1) is 0 Å². The number of nitrogens with one attached hydrogen (secondary N) is 1. The number of carbonyl (C=O) groups excluding carboxylic acids is 2. The summed E-state index contributed by atoms with van der Waals surface area (Å²) in [5.74, 6) is 0.250. The first-order valence-electron chi connectivity index (χ1n) is 8.52. The van der Waals surface area contributed by atoms with Gasteiger partial charge in [0.1, 0.15) is 5.75 Å². The van der Waals surface area contributed by atoms with Gasteiger partial charge in [-0.3, -0.25) is 9.59 Å². The zero-order chi connectivity index (χ0) is 19.3. The minimum atomic E-state index is -0.278. The summed E-state index contributed by atoms with van der Waals surface area (Å²) in [6.07, 6.45) is 0. The van der Waals surface area contributed by atoms with E-state index in [0.717, 1.165) is 0 Å². The van der Waals surface area contributed by atoms with Crippen LogP contribution in [0, 0.1) is 0 Å². The fourth-order valence-electron chi connectivity index (χ4n) is 2.39. The summed E-state index contributed by atoms with van der Waals surface area (Å²) >= 11 is 0. The van der Waals surface area contributed by atoms with Crippen LogP contribution < -0.4 is 10.1 Å². The Balaban J connectivity index is 1.93. The van der Waals surface area contributed by atoms with E-state index < -0.39 is 0 Å². The van der Waals surface area contributed by atoms with E-state index in [4.69, 9.17) is 4.74 Å². The molecule has 0 aromatic heterocycles. The van der Waals surface area contributed by atoms with Gasteiger partial charge in [0, 0.05) is 25.3 Å². The third-order valence-electron chi connectivity index (χ3n) is 3.89. The molecule has 0 unspecified atom stereocenters. The first kappa shape index (κ1) is 19.5. The molecule has 0 aliphatic heterocycles. The minimum Gasteiger partial charge on any atom is -0.484 e. The van der Waals surface area contributed by atoms with Crippen molar-refractivity contribution in [1.82, 2.24) is 4.90 Å². The van der Waals surface area contributed by atoms with E-state index in [9.17, 15) is 9.59 Å². The zero-order valence-corrected chi connectivity index (χ0v) is 16.0. The average Bonchev–Trinajstić information content (AvgIpc) is 2.59. The lowest BCUT2D eigenvalue weighted by Crippen LogP contribution is -2.23. The minimum absolute atomic E-state index is 0.0743. The molecule has 0 aliphatic carbocycles. The molecule has 0 atom stereocenters. The molecule has 2 amide bonds. The van der Waals surface area contributed by atoms with Gasteiger partial charge >= 0.3 is 0 Å². The maximum atomic E-state index is 12.1. The number of ether oxygens (including phenoxy) is 1. The van der Waals surface area contributed by atoms with Crippen molar-refractivity contribution in [3.05, 3.63) is 59.7 Å². The lowest BCUT2D eigenvalue weighted by Gasteiger charge is -2.19. The van der Waals surface area contributed by atoms with Crippen LogP contribution in [0.25, 0.3) is 0 Å². The molecular weight excluding hydrogens is 328 g/mol. The molecule has 1 N–H and O–H groups in total. The Kier molecular flexibility index (Phi) is 6.03. The molecule has 0 saturated carbocycles. The molecule has 0 fully saturated rings. The summed E-state index contributed by atoms with van der Waals surface area (Å²) in [5, 5.41) is 2.75. The quantitative estimate of drug-likeness (QED) is 0.891. The number of hydrogen-bond acceptors (Lipinski definition) is 3. The molecule has 2 aromatic rings. The molecule has 26 heavy (non-hydrogen) atoms. The van der Waals surface area contributed by atoms with Gasteiger partial charge < -0.3 is 15.0 Å². The summed E-state index contributed by atoms with van der Waals surface area (Å²) in [4.78, 5) is 25.6. The summed E-state index contributed by atoms with van der Waals surface area (Å²) in [7, 11) is 3.37. The number of carbonyl (C=O) groups is 2. The molecule has 138 valence electrons. The Bertz CT molecular complexity index is 775. The lowest BCUT2D eigenvalue weighted by atomic mass is 9.87. The monoisotopic (exact) mass is 354 g/mol. The molecule has 2 aromatic carbocycles. The Morgan fingerprint density at radius 2 is 1.69 bits per heavy atom. The molecule has 0 aliphatic rings. The molecule has 0 saturated heterocycles. The van der Waals surface area contributed by atoms with E-state index in [1.807, 2.05) is 24.3 Å². The highest BCUT2D eigenvalue weighted by molar-refractivity contribution is 5.97. The van der Waals surface area contributed by atoms with Gasteiger partial charge in [0.15, 0.2) is 6.61 Å². The number of benzene rings is 2. The maximum Gasteiger partial charge on any atom is 0.262 e.